The van der Waals surface area contributed by atoms with Crippen LogP contribution in [0.1, 0.15) is 11.1 Å². The summed E-state index contributed by atoms with van der Waals surface area (Å²) in [6, 6.07) is 112. The summed E-state index contributed by atoms with van der Waals surface area (Å²) in [5, 5.41) is 35.3. The predicted octanol–water partition coefficient (Wildman–Crippen LogP) is 22.4. The number of hydrogen-bond donors (Lipinski definition) is 0. The van der Waals surface area contributed by atoms with Crippen molar-refractivity contribution in [3.63, 3.8) is 0 Å². The highest BCUT2D eigenvalue weighted by molar-refractivity contribution is 6.32. The number of aromatic nitrogens is 4. The van der Waals surface area contributed by atoms with Gasteiger partial charge in [0.05, 0.1) is 66.3 Å². The Morgan fingerprint density at radius 2 is 0.570 bits per heavy atom. The van der Waals surface area contributed by atoms with Crippen LogP contribution in [0.15, 0.2) is 308 Å². The highest BCUT2D eigenvalue weighted by Gasteiger charge is 2.36. The molecule has 0 saturated carbocycles. The van der Waals surface area contributed by atoms with E-state index in [1.165, 1.54) is 0 Å². The molecule has 5 aromatic heterocycles. The summed E-state index contributed by atoms with van der Waals surface area (Å²) in [5.74, 6) is 0. The van der Waals surface area contributed by atoms with E-state index in [2.05, 4.69) is 334 Å². The largest absolute Gasteiger partial charge is 0.453 e. The molecule has 0 atom stereocenters. The molecule has 7 nitrogen and oxygen atoms in total. The molecule has 0 radical (unpaired) electrons. The first-order valence-electron chi connectivity index (χ1n) is 31.4. The molecule has 7 heteroatoms. The van der Waals surface area contributed by atoms with Crippen molar-refractivity contribution in [1.29, 1.82) is 10.5 Å². The van der Waals surface area contributed by atoms with Gasteiger partial charge in [0.15, 0.2) is 5.58 Å². The van der Waals surface area contributed by atoms with Crippen molar-refractivity contribution in [2.75, 3.05) is 0 Å². The van der Waals surface area contributed by atoms with Crippen molar-refractivity contribution in [1.82, 2.24) is 18.3 Å². The predicted molar refractivity (Wildman–Crippen MR) is 382 cm³/mol. The lowest BCUT2D eigenvalue weighted by Crippen LogP contribution is -2.07. The van der Waals surface area contributed by atoms with Crippen LogP contribution in [0, 0.1) is 22.7 Å². The lowest BCUT2D eigenvalue weighted by Gasteiger charge is -2.22. The van der Waals surface area contributed by atoms with Crippen LogP contribution in [-0.2, 0) is 0 Å². The topological polar surface area (TPSA) is 80.4 Å². The molecule has 0 spiro atoms. The molecule has 0 aliphatic heterocycles. The van der Waals surface area contributed by atoms with E-state index in [4.69, 9.17) is 4.42 Å². The van der Waals surface area contributed by atoms with Gasteiger partial charge in [0.1, 0.15) is 23.4 Å². The number of benzene rings is 14. The molecule has 93 heavy (non-hydrogen) atoms. The molecule has 0 N–H and O–H groups in total. The van der Waals surface area contributed by atoms with Crippen LogP contribution in [-0.4, -0.2) is 18.3 Å². The Hall–Kier alpha value is -12.9. The third-order valence-electron chi connectivity index (χ3n) is 19.2. The second-order valence-corrected chi connectivity index (χ2v) is 23.9. The highest BCUT2D eigenvalue weighted by Crippen LogP contribution is 2.57. The molecule has 0 unspecified atom stereocenters. The zero-order valence-corrected chi connectivity index (χ0v) is 50.0. The fraction of sp³-hybridized carbons (Fsp3) is 0. The van der Waals surface area contributed by atoms with Crippen LogP contribution in [0.25, 0.3) is 176 Å². The molecule has 0 fully saturated rings. The van der Waals surface area contributed by atoms with Gasteiger partial charge < -0.3 is 22.7 Å². The Labute approximate surface area is 533 Å². The molecule has 0 saturated heterocycles. The van der Waals surface area contributed by atoms with Gasteiger partial charge in [-0.3, -0.25) is 0 Å². The summed E-state index contributed by atoms with van der Waals surface area (Å²) >= 11 is 0. The zero-order valence-electron chi connectivity index (χ0n) is 50.0. The van der Waals surface area contributed by atoms with E-state index < -0.39 is 0 Å². The molecule has 0 aliphatic rings. The maximum absolute atomic E-state index is 12.7. The summed E-state index contributed by atoms with van der Waals surface area (Å²) < 4.78 is 17.5. The molecule has 5 heterocycles. The Balaban J connectivity index is 1.10. The van der Waals surface area contributed by atoms with Crippen molar-refractivity contribution < 1.29 is 4.42 Å². The first-order valence-corrected chi connectivity index (χ1v) is 31.4. The van der Waals surface area contributed by atoms with Crippen LogP contribution < -0.4 is 0 Å². The SMILES string of the molecule is N#Cc1c(C#N)c(-n2c3ccccc3c3c2ccc2c4ccccc4n(-c4ccccc4)c23)c2c(oc3c(-c4ccccc4)c(-c4ccccc4)c(-c4ccccc4)c(-c4ccccc4)c32)c1-n1c2ccccc2c2c1ccc1c3ccccc3n(-c3ccccc3)c12. The normalized spacial score (nSPS) is 11.8. The van der Waals surface area contributed by atoms with Crippen molar-refractivity contribution >= 4 is 109 Å². The molecule has 19 aromatic rings. The average Bonchev–Trinajstić information content (AvgIpc) is 1.55. The quantitative estimate of drug-likeness (QED) is 0.152. The van der Waals surface area contributed by atoms with E-state index >= 15 is 0 Å². The summed E-state index contributed by atoms with van der Waals surface area (Å²) in [6.45, 7) is 0. The number of nitrogens with zero attached hydrogens (tertiary/aromatic N) is 6. The maximum atomic E-state index is 12.7. The monoisotopic (exact) mass is 1180 g/mol. The Bertz CT molecular complexity index is 6400. The summed E-state index contributed by atoms with van der Waals surface area (Å²) in [5.41, 5.74) is 20.0. The van der Waals surface area contributed by atoms with Crippen LogP contribution in [0.2, 0.25) is 0 Å². The minimum Gasteiger partial charge on any atom is -0.453 e. The van der Waals surface area contributed by atoms with Gasteiger partial charge in [0.2, 0.25) is 0 Å². The lowest BCUT2D eigenvalue weighted by molar-refractivity contribution is 0.667. The molecular weight excluding hydrogens is 1130 g/mol. The standard InChI is InChI=1S/C86H50N6O/c87-51-65-66(52-88)84(92-70-46-26-22-42-64(70)78-72(92)50-48-62-60-40-20-24-44-68(60)90(82(62)78)58-37-17-6-18-38-58)86-80(83(65)91-69-45-25-21-41-63(69)77-71(91)49-47-61-59-39-19-23-43-67(59)89(81(61)77)57-35-15-5-16-36-57)79-75(55-31-11-3-12-32-55)73(53-27-7-1-8-28-53)74(54-29-9-2-10-30-54)76(85(79)93-86)56-33-13-4-14-34-56/h1-50H. The third-order valence-corrected chi connectivity index (χ3v) is 19.2. The van der Waals surface area contributed by atoms with Gasteiger partial charge in [0.25, 0.3) is 0 Å². The van der Waals surface area contributed by atoms with Gasteiger partial charge in [-0.15, -0.1) is 0 Å². The maximum Gasteiger partial charge on any atom is 0.163 e. The second-order valence-electron chi connectivity index (χ2n) is 23.9. The van der Waals surface area contributed by atoms with Crippen molar-refractivity contribution in [3.8, 4) is 79.4 Å². The van der Waals surface area contributed by atoms with Crippen LogP contribution in [0.4, 0.5) is 0 Å². The van der Waals surface area contributed by atoms with E-state index in [1.54, 1.807) is 0 Å². The first-order chi connectivity index (χ1) is 46.2. The summed E-state index contributed by atoms with van der Waals surface area (Å²) in [7, 11) is 0. The van der Waals surface area contributed by atoms with Gasteiger partial charge in [0, 0.05) is 76.5 Å². The van der Waals surface area contributed by atoms with Gasteiger partial charge in [-0.2, -0.15) is 10.5 Å². The highest BCUT2D eigenvalue weighted by atomic mass is 16.3. The Kier molecular flexibility index (Phi) is 11.4. The van der Waals surface area contributed by atoms with Crippen molar-refractivity contribution in [2.45, 2.75) is 0 Å². The van der Waals surface area contributed by atoms with E-state index in [9.17, 15) is 10.5 Å². The number of nitriles is 2. The number of fused-ring (bicyclic) bond motifs is 17. The van der Waals surface area contributed by atoms with E-state index in [-0.39, 0.29) is 11.1 Å². The van der Waals surface area contributed by atoms with Crippen LogP contribution in [0.5, 0.6) is 0 Å². The second kappa shape index (κ2) is 20.3. The fourth-order valence-electron chi connectivity index (χ4n) is 15.6. The van der Waals surface area contributed by atoms with Crippen molar-refractivity contribution in [3.05, 3.63) is 314 Å². The summed E-state index contributed by atoms with van der Waals surface area (Å²) in [4.78, 5) is 0. The Morgan fingerprint density at radius 1 is 0.237 bits per heavy atom. The number of rotatable bonds is 8. The molecular formula is C86H50N6O. The molecule has 0 aliphatic carbocycles. The molecule has 19 rings (SSSR count). The minimum absolute atomic E-state index is 0.185. The average molecular weight is 1180 g/mol. The first kappa shape index (κ1) is 52.0. The molecule has 14 aromatic carbocycles. The molecule has 0 bridgehead atoms. The van der Waals surface area contributed by atoms with Gasteiger partial charge >= 0.3 is 0 Å². The van der Waals surface area contributed by atoms with Crippen LogP contribution >= 0.6 is 0 Å². The van der Waals surface area contributed by atoms with E-state index in [0.29, 0.717) is 27.9 Å². The minimum atomic E-state index is 0.185. The molecule has 0 amide bonds. The van der Waals surface area contributed by atoms with Crippen LogP contribution in [0.3, 0.4) is 0 Å². The number of hydrogen-bond acceptors (Lipinski definition) is 3. The van der Waals surface area contributed by atoms with Gasteiger partial charge in [-0.25, -0.2) is 0 Å². The number of furan rings is 1. The van der Waals surface area contributed by atoms with Gasteiger partial charge in [-0.05, 0) is 88.5 Å². The van der Waals surface area contributed by atoms with Gasteiger partial charge in [-0.1, -0.05) is 243 Å². The Morgan fingerprint density at radius 3 is 1.00 bits per heavy atom. The van der Waals surface area contributed by atoms with Crippen molar-refractivity contribution in [2.24, 2.45) is 0 Å². The van der Waals surface area contributed by atoms with E-state index in [1.807, 2.05) is 0 Å². The summed E-state index contributed by atoms with van der Waals surface area (Å²) in [6.07, 6.45) is 0. The zero-order chi connectivity index (χ0) is 61.4. The number of para-hydroxylation sites is 6. The van der Waals surface area contributed by atoms with E-state index in [0.717, 1.165) is 148 Å². The lowest BCUT2D eigenvalue weighted by atomic mass is 9.80. The third kappa shape index (κ3) is 7.33. The molecule has 430 valence electrons. The smallest absolute Gasteiger partial charge is 0.163 e. The fourth-order valence-corrected chi connectivity index (χ4v) is 15.6.